The minimum absolute atomic E-state index is 0.259. The molecule has 10 heavy (non-hydrogen) atoms. The van der Waals surface area contributed by atoms with Gasteiger partial charge in [-0.3, -0.25) is 0 Å². The Bertz CT molecular complexity index is 165. The lowest BCUT2D eigenvalue weighted by molar-refractivity contribution is 0.318. The Morgan fingerprint density at radius 3 is 3.20 bits per heavy atom. The van der Waals surface area contributed by atoms with Crippen molar-refractivity contribution >= 4 is 0 Å². The maximum atomic E-state index is 8.86. The first-order valence-corrected chi connectivity index (χ1v) is 3.95. The lowest BCUT2D eigenvalue weighted by atomic mass is 10.0. The first kappa shape index (κ1) is 6.38. The number of aliphatic hydroxyl groups excluding tert-OH is 1. The van der Waals surface area contributed by atoms with Crippen molar-refractivity contribution in [2.75, 3.05) is 6.61 Å². The van der Waals surface area contributed by atoms with Gasteiger partial charge >= 0.3 is 0 Å². The van der Waals surface area contributed by atoms with Gasteiger partial charge in [-0.15, -0.1) is 0 Å². The van der Waals surface area contributed by atoms with Crippen LogP contribution >= 0.6 is 0 Å². The molecule has 0 saturated carbocycles. The largest absolute Gasteiger partial charge is 0.392 e. The van der Waals surface area contributed by atoms with Crippen molar-refractivity contribution in [3.63, 3.8) is 0 Å². The molecule has 0 aromatic rings. The zero-order valence-electron chi connectivity index (χ0n) is 6.01. The molecule has 2 aliphatic heterocycles. The Morgan fingerprint density at radius 1 is 1.60 bits per heavy atom. The van der Waals surface area contributed by atoms with Crippen molar-refractivity contribution < 1.29 is 5.11 Å². The molecule has 2 heteroatoms. The number of aliphatic hydroxyl groups is 1. The molecule has 0 aliphatic carbocycles. The topological polar surface area (TPSA) is 32.3 Å². The van der Waals surface area contributed by atoms with Gasteiger partial charge in [0.15, 0.2) is 0 Å². The molecule has 1 fully saturated rings. The summed E-state index contributed by atoms with van der Waals surface area (Å²) in [4.78, 5) is 0. The molecule has 2 unspecified atom stereocenters. The average molecular weight is 139 g/mol. The van der Waals surface area contributed by atoms with Crippen molar-refractivity contribution in [1.82, 2.24) is 5.32 Å². The van der Waals surface area contributed by atoms with Gasteiger partial charge in [-0.2, -0.15) is 0 Å². The molecule has 2 nitrogen and oxygen atoms in total. The van der Waals surface area contributed by atoms with Crippen LogP contribution < -0.4 is 5.32 Å². The fourth-order valence-corrected chi connectivity index (χ4v) is 1.93. The Morgan fingerprint density at radius 2 is 2.50 bits per heavy atom. The lowest BCUT2D eigenvalue weighted by Gasteiger charge is -2.19. The molecular weight excluding hydrogens is 126 g/mol. The third-order valence-corrected chi connectivity index (χ3v) is 2.42. The van der Waals surface area contributed by atoms with Crippen molar-refractivity contribution in [2.24, 2.45) is 0 Å². The molecule has 2 rings (SSSR count). The predicted molar refractivity (Wildman–Crippen MR) is 39.7 cm³/mol. The van der Waals surface area contributed by atoms with Gasteiger partial charge in [0.25, 0.3) is 0 Å². The molecule has 0 aromatic carbocycles. The summed E-state index contributed by atoms with van der Waals surface area (Å²) < 4.78 is 0. The standard InChI is InChI=1S/C8H13NO/c10-5-6-3-7-1-2-8(4-6)9-7/h3,7-10H,1-2,4-5H2. The summed E-state index contributed by atoms with van der Waals surface area (Å²) in [6, 6.07) is 1.23. The summed E-state index contributed by atoms with van der Waals surface area (Å²) in [6.07, 6.45) is 5.79. The van der Waals surface area contributed by atoms with E-state index in [0.717, 1.165) is 6.42 Å². The third-order valence-electron chi connectivity index (χ3n) is 2.42. The van der Waals surface area contributed by atoms with Crippen LogP contribution in [0.4, 0.5) is 0 Å². The van der Waals surface area contributed by atoms with Gasteiger partial charge in [-0.1, -0.05) is 6.08 Å². The van der Waals surface area contributed by atoms with E-state index in [4.69, 9.17) is 5.11 Å². The molecule has 2 aliphatic rings. The zero-order chi connectivity index (χ0) is 6.97. The summed E-state index contributed by atoms with van der Waals surface area (Å²) >= 11 is 0. The van der Waals surface area contributed by atoms with Gasteiger partial charge in [-0.05, 0) is 24.8 Å². The van der Waals surface area contributed by atoms with E-state index in [-0.39, 0.29) is 6.61 Å². The molecule has 0 aromatic heterocycles. The van der Waals surface area contributed by atoms with E-state index < -0.39 is 0 Å². The van der Waals surface area contributed by atoms with Gasteiger partial charge < -0.3 is 10.4 Å². The molecule has 2 heterocycles. The average Bonchev–Trinajstić information content (AvgIpc) is 2.30. The van der Waals surface area contributed by atoms with Crippen LogP contribution in [0.5, 0.6) is 0 Å². The first-order chi connectivity index (χ1) is 4.88. The predicted octanol–water partition coefficient (Wildman–Crippen LogP) is 0.429. The van der Waals surface area contributed by atoms with E-state index in [1.807, 2.05) is 0 Å². The Balaban J connectivity index is 2.12. The van der Waals surface area contributed by atoms with E-state index in [1.54, 1.807) is 0 Å². The van der Waals surface area contributed by atoms with Crippen LogP contribution in [0, 0.1) is 0 Å². The second-order valence-corrected chi connectivity index (χ2v) is 3.23. The van der Waals surface area contributed by atoms with Crippen LogP contribution in [0.2, 0.25) is 0 Å². The van der Waals surface area contributed by atoms with E-state index in [2.05, 4.69) is 11.4 Å². The smallest absolute Gasteiger partial charge is 0.0642 e. The van der Waals surface area contributed by atoms with Crippen LogP contribution in [-0.2, 0) is 0 Å². The second-order valence-electron chi connectivity index (χ2n) is 3.23. The molecule has 2 N–H and O–H groups in total. The van der Waals surface area contributed by atoms with Crippen molar-refractivity contribution in [2.45, 2.75) is 31.3 Å². The van der Waals surface area contributed by atoms with Crippen LogP contribution in [0.25, 0.3) is 0 Å². The number of rotatable bonds is 1. The fourth-order valence-electron chi connectivity index (χ4n) is 1.93. The molecule has 0 spiro atoms. The van der Waals surface area contributed by atoms with E-state index in [1.165, 1.54) is 18.4 Å². The van der Waals surface area contributed by atoms with E-state index in [0.29, 0.717) is 12.1 Å². The van der Waals surface area contributed by atoms with Crippen LogP contribution in [-0.4, -0.2) is 23.8 Å². The van der Waals surface area contributed by atoms with Gasteiger partial charge in [0.05, 0.1) is 6.61 Å². The second kappa shape index (κ2) is 2.36. The summed E-state index contributed by atoms with van der Waals surface area (Å²) in [5.41, 5.74) is 1.23. The van der Waals surface area contributed by atoms with E-state index in [9.17, 15) is 0 Å². The molecule has 0 amide bonds. The van der Waals surface area contributed by atoms with Crippen molar-refractivity contribution in [3.05, 3.63) is 11.6 Å². The number of hydrogen-bond acceptors (Lipinski definition) is 2. The normalized spacial score (nSPS) is 37.9. The number of nitrogens with one attached hydrogen (secondary N) is 1. The number of hydrogen-bond donors (Lipinski definition) is 2. The Labute approximate surface area is 60.9 Å². The Kier molecular flexibility index (Phi) is 1.51. The lowest BCUT2D eigenvalue weighted by Crippen LogP contribution is -2.32. The van der Waals surface area contributed by atoms with E-state index >= 15 is 0 Å². The van der Waals surface area contributed by atoms with Crippen LogP contribution in [0.1, 0.15) is 19.3 Å². The Hall–Kier alpha value is -0.340. The number of fused-ring (bicyclic) bond motifs is 2. The minimum Gasteiger partial charge on any atom is -0.392 e. The van der Waals surface area contributed by atoms with Crippen LogP contribution in [0.15, 0.2) is 11.6 Å². The molecular formula is C8H13NO. The van der Waals surface area contributed by atoms with Gasteiger partial charge in [0, 0.05) is 12.1 Å². The monoisotopic (exact) mass is 139 g/mol. The molecule has 56 valence electrons. The van der Waals surface area contributed by atoms with Gasteiger partial charge in [0.1, 0.15) is 0 Å². The highest BCUT2D eigenvalue weighted by molar-refractivity contribution is 5.16. The summed E-state index contributed by atoms with van der Waals surface area (Å²) in [6.45, 7) is 0.259. The molecule has 2 atom stereocenters. The highest BCUT2D eigenvalue weighted by Gasteiger charge is 2.26. The third kappa shape index (κ3) is 0.976. The van der Waals surface area contributed by atoms with Gasteiger partial charge in [0.2, 0.25) is 0 Å². The first-order valence-electron chi connectivity index (χ1n) is 3.95. The summed E-state index contributed by atoms with van der Waals surface area (Å²) in [7, 11) is 0. The molecule has 2 bridgehead atoms. The highest BCUT2D eigenvalue weighted by atomic mass is 16.3. The van der Waals surface area contributed by atoms with Crippen molar-refractivity contribution in [1.29, 1.82) is 0 Å². The highest BCUT2D eigenvalue weighted by Crippen LogP contribution is 2.25. The summed E-state index contributed by atoms with van der Waals surface area (Å²) in [5, 5.41) is 12.3. The zero-order valence-corrected chi connectivity index (χ0v) is 6.01. The van der Waals surface area contributed by atoms with Crippen molar-refractivity contribution in [3.8, 4) is 0 Å². The maximum Gasteiger partial charge on any atom is 0.0642 e. The summed E-state index contributed by atoms with van der Waals surface area (Å²) in [5.74, 6) is 0. The maximum absolute atomic E-state index is 8.86. The fraction of sp³-hybridized carbons (Fsp3) is 0.750. The quantitative estimate of drug-likeness (QED) is 0.516. The van der Waals surface area contributed by atoms with Crippen LogP contribution in [0.3, 0.4) is 0 Å². The minimum atomic E-state index is 0.259. The molecule has 1 saturated heterocycles. The van der Waals surface area contributed by atoms with Gasteiger partial charge in [-0.25, -0.2) is 0 Å². The SMILES string of the molecule is OCC1=CC2CCC(C1)N2. The molecule has 0 radical (unpaired) electrons.